The Hall–Kier alpha value is -2.12. The lowest BCUT2D eigenvalue weighted by Crippen LogP contribution is -2.28. The highest BCUT2D eigenvalue weighted by Crippen LogP contribution is 2.28. The van der Waals surface area contributed by atoms with Gasteiger partial charge in [0.15, 0.2) is 0 Å². The fourth-order valence-electron chi connectivity index (χ4n) is 2.53. The van der Waals surface area contributed by atoms with E-state index in [9.17, 15) is 13.2 Å². The number of aryl methyl sites for hydroxylation is 1. The number of nitrogens with one attached hydrogen (secondary N) is 1. The number of benzene rings is 1. The van der Waals surface area contributed by atoms with Gasteiger partial charge in [-0.1, -0.05) is 6.07 Å². The molecule has 0 radical (unpaired) electrons. The van der Waals surface area contributed by atoms with E-state index in [1.165, 1.54) is 17.0 Å². The molecule has 1 aromatic heterocycles. The average Bonchev–Trinajstić information content (AvgIpc) is 3.34. The molecule has 0 unspecified atom stereocenters. The van der Waals surface area contributed by atoms with Crippen molar-refractivity contribution in [2.75, 3.05) is 13.6 Å². The van der Waals surface area contributed by atoms with Gasteiger partial charge < -0.3 is 9.32 Å². The molecule has 3 rings (SSSR count). The van der Waals surface area contributed by atoms with Crippen molar-refractivity contribution in [1.82, 2.24) is 9.62 Å². The number of hydrogen-bond donors (Lipinski definition) is 1. The molecule has 1 heterocycles. The molecule has 1 aliphatic rings. The first-order valence-corrected chi connectivity index (χ1v) is 9.74. The van der Waals surface area contributed by atoms with Crippen LogP contribution in [0, 0.1) is 12.8 Å². The first-order chi connectivity index (χ1) is 11.8. The van der Waals surface area contributed by atoms with Crippen molar-refractivity contribution in [3.05, 3.63) is 53.5 Å². The van der Waals surface area contributed by atoms with Crippen LogP contribution in [0.4, 0.5) is 0 Å². The highest BCUT2D eigenvalue weighted by Gasteiger charge is 2.25. The lowest BCUT2D eigenvalue weighted by molar-refractivity contribution is 0.0774. The Kier molecular flexibility index (Phi) is 4.96. The molecule has 1 saturated carbocycles. The van der Waals surface area contributed by atoms with Gasteiger partial charge in [-0.25, -0.2) is 13.1 Å². The van der Waals surface area contributed by atoms with E-state index in [2.05, 4.69) is 4.72 Å². The number of hydrogen-bond acceptors (Lipinski definition) is 4. The number of furan rings is 1. The lowest BCUT2D eigenvalue weighted by Gasteiger charge is -2.16. The van der Waals surface area contributed by atoms with Crippen LogP contribution in [-0.4, -0.2) is 32.8 Å². The largest absolute Gasteiger partial charge is 0.464 e. The van der Waals surface area contributed by atoms with Crippen molar-refractivity contribution in [3.63, 3.8) is 0 Å². The van der Waals surface area contributed by atoms with Crippen LogP contribution in [0.15, 0.2) is 45.7 Å². The zero-order valence-corrected chi connectivity index (χ0v) is 15.2. The van der Waals surface area contributed by atoms with E-state index in [1.54, 1.807) is 19.2 Å². The van der Waals surface area contributed by atoms with Crippen molar-refractivity contribution in [2.45, 2.75) is 31.2 Å². The van der Waals surface area contributed by atoms with Gasteiger partial charge in [-0.05, 0) is 56.0 Å². The maximum Gasteiger partial charge on any atom is 0.254 e. The van der Waals surface area contributed by atoms with Crippen LogP contribution < -0.4 is 4.72 Å². The number of carbonyl (C=O) groups is 1. The third-order valence-electron chi connectivity index (χ3n) is 4.19. The Morgan fingerprint density at radius 3 is 2.68 bits per heavy atom. The summed E-state index contributed by atoms with van der Waals surface area (Å²) in [6.07, 6.45) is 2.14. The Morgan fingerprint density at radius 2 is 2.04 bits per heavy atom. The first-order valence-electron chi connectivity index (χ1n) is 8.25. The molecule has 0 saturated heterocycles. The van der Waals surface area contributed by atoms with Crippen LogP contribution in [0.2, 0.25) is 0 Å². The molecule has 25 heavy (non-hydrogen) atoms. The molecule has 0 bridgehead atoms. The quantitative estimate of drug-likeness (QED) is 0.821. The predicted molar refractivity (Wildman–Crippen MR) is 93.6 cm³/mol. The van der Waals surface area contributed by atoms with Gasteiger partial charge in [0.05, 0.1) is 11.4 Å². The number of rotatable bonds is 7. The van der Waals surface area contributed by atoms with Gasteiger partial charge in [0.25, 0.3) is 5.91 Å². The molecule has 0 aliphatic heterocycles. The molecular weight excluding hydrogens is 340 g/mol. The molecule has 0 spiro atoms. The smallest absolute Gasteiger partial charge is 0.254 e. The maximum atomic E-state index is 12.6. The molecule has 1 fully saturated rings. The number of amides is 1. The van der Waals surface area contributed by atoms with Crippen molar-refractivity contribution in [1.29, 1.82) is 0 Å². The van der Waals surface area contributed by atoms with E-state index < -0.39 is 10.0 Å². The highest BCUT2D eigenvalue weighted by atomic mass is 32.2. The van der Waals surface area contributed by atoms with Gasteiger partial charge in [-0.2, -0.15) is 0 Å². The van der Waals surface area contributed by atoms with E-state index >= 15 is 0 Å². The monoisotopic (exact) mass is 362 g/mol. The van der Waals surface area contributed by atoms with Crippen LogP contribution in [-0.2, 0) is 16.6 Å². The summed E-state index contributed by atoms with van der Waals surface area (Å²) in [5.41, 5.74) is 0.333. The zero-order chi connectivity index (χ0) is 18.0. The van der Waals surface area contributed by atoms with E-state index in [0.29, 0.717) is 30.3 Å². The van der Waals surface area contributed by atoms with Gasteiger partial charge in [0, 0.05) is 19.2 Å². The van der Waals surface area contributed by atoms with Crippen molar-refractivity contribution in [3.8, 4) is 0 Å². The zero-order valence-electron chi connectivity index (χ0n) is 14.4. The highest BCUT2D eigenvalue weighted by molar-refractivity contribution is 7.89. The van der Waals surface area contributed by atoms with Gasteiger partial charge in [0.2, 0.25) is 10.0 Å². The predicted octanol–water partition coefficient (Wildman–Crippen LogP) is 2.55. The summed E-state index contributed by atoms with van der Waals surface area (Å²) in [4.78, 5) is 14.2. The van der Waals surface area contributed by atoms with Gasteiger partial charge in [0.1, 0.15) is 11.5 Å². The summed E-state index contributed by atoms with van der Waals surface area (Å²) in [7, 11) is -1.93. The molecule has 1 amide bonds. The van der Waals surface area contributed by atoms with Crippen LogP contribution in [0.3, 0.4) is 0 Å². The minimum atomic E-state index is -3.59. The molecule has 2 aromatic rings. The second kappa shape index (κ2) is 7.01. The fraction of sp³-hybridized carbons (Fsp3) is 0.389. The maximum absolute atomic E-state index is 12.6. The van der Waals surface area contributed by atoms with Crippen LogP contribution in [0.1, 0.15) is 34.7 Å². The molecule has 7 heteroatoms. The third kappa shape index (κ3) is 4.49. The van der Waals surface area contributed by atoms with E-state index in [-0.39, 0.29) is 10.8 Å². The van der Waals surface area contributed by atoms with Crippen LogP contribution >= 0.6 is 0 Å². The van der Waals surface area contributed by atoms with E-state index in [1.807, 2.05) is 19.1 Å². The van der Waals surface area contributed by atoms with Gasteiger partial charge >= 0.3 is 0 Å². The standard InChI is InChI=1S/C18H22N2O4S/c1-13-6-9-16(24-13)12-20(2)18(21)15-4-3-5-17(10-15)25(22,23)19-11-14-7-8-14/h3-6,9-10,14,19H,7-8,11-12H2,1-2H3. The minimum absolute atomic E-state index is 0.112. The molecule has 1 aliphatic carbocycles. The summed E-state index contributed by atoms with van der Waals surface area (Å²) in [6, 6.07) is 9.79. The summed E-state index contributed by atoms with van der Waals surface area (Å²) < 4.78 is 32.8. The van der Waals surface area contributed by atoms with Crippen molar-refractivity contribution >= 4 is 15.9 Å². The van der Waals surface area contributed by atoms with E-state index in [0.717, 1.165) is 18.6 Å². The minimum Gasteiger partial charge on any atom is -0.464 e. The normalized spacial score (nSPS) is 14.5. The number of nitrogens with zero attached hydrogens (tertiary/aromatic N) is 1. The average molecular weight is 362 g/mol. The topological polar surface area (TPSA) is 79.6 Å². The fourth-order valence-corrected chi connectivity index (χ4v) is 3.69. The van der Waals surface area contributed by atoms with Crippen LogP contribution in [0.5, 0.6) is 0 Å². The molecule has 1 N–H and O–H groups in total. The Bertz CT molecular complexity index is 869. The van der Waals surface area contributed by atoms with Crippen LogP contribution in [0.25, 0.3) is 0 Å². The Morgan fingerprint density at radius 1 is 1.28 bits per heavy atom. The SMILES string of the molecule is Cc1ccc(CN(C)C(=O)c2cccc(S(=O)(=O)NCC3CC3)c2)o1. The second-order valence-electron chi connectivity index (χ2n) is 6.50. The summed E-state index contributed by atoms with van der Waals surface area (Å²) in [5, 5.41) is 0. The number of carbonyl (C=O) groups excluding carboxylic acids is 1. The number of sulfonamides is 1. The summed E-state index contributed by atoms with van der Waals surface area (Å²) >= 11 is 0. The molecule has 1 aromatic carbocycles. The summed E-state index contributed by atoms with van der Waals surface area (Å²) in [6.45, 7) is 2.62. The van der Waals surface area contributed by atoms with Crippen molar-refractivity contribution < 1.29 is 17.6 Å². The molecule has 0 atom stereocenters. The third-order valence-corrected chi connectivity index (χ3v) is 5.61. The van der Waals surface area contributed by atoms with Gasteiger partial charge in [-0.15, -0.1) is 0 Å². The second-order valence-corrected chi connectivity index (χ2v) is 8.26. The molecular formula is C18H22N2O4S. The lowest BCUT2D eigenvalue weighted by atomic mass is 10.2. The van der Waals surface area contributed by atoms with Crippen molar-refractivity contribution in [2.24, 2.45) is 5.92 Å². The Labute approximate surface area is 147 Å². The first kappa shape index (κ1) is 17.7. The molecule has 134 valence electrons. The van der Waals surface area contributed by atoms with E-state index in [4.69, 9.17) is 4.42 Å². The Balaban J connectivity index is 1.72. The summed E-state index contributed by atoms with van der Waals surface area (Å²) in [5.74, 6) is 1.66. The van der Waals surface area contributed by atoms with Gasteiger partial charge in [-0.3, -0.25) is 4.79 Å². The molecule has 6 nitrogen and oxygen atoms in total.